The van der Waals surface area contributed by atoms with Crippen LogP contribution in [0.1, 0.15) is 12.8 Å². The number of methoxy groups -OCH3 is 2. The summed E-state index contributed by atoms with van der Waals surface area (Å²) in [7, 11) is -0.918. The molecule has 9 nitrogen and oxygen atoms in total. The molecule has 0 saturated heterocycles. The molecule has 1 aliphatic heterocycles. The van der Waals surface area contributed by atoms with E-state index in [-0.39, 0.29) is 17.9 Å². The Morgan fingerprint density at radius 2 is 1.77 bits per heavy atom. The van der Waals surface area contributed by atoms with Crippen molar-refractivity contribution in [3.63, 3.8) is 0 Å². The molecule has 2 aromatic carbocycles. The standard InChI is InChI=1S/C20H23ClN2O7S/c1-27-17-12-18(28-2)15(11-14(17)21)23-20(24)6-7-22-31(25,26)13-4-5-16-19(10-13)30-9-3-8-29-16/h4-5,10-12,22H,3,6-9H2,1-2H3,(H,23,24). The van der Waals surface area contributed by atoms with Gasteiger partial charge in [-0.2, -0.15) is 0 Å². The van der Waals surface area contributed by atoms with Crippen molar-refractivity contribution >= 4 is 33.2 Å². The van der Waals surface area contributed by atoms with Crippen LogP contribution in [0.15, 0.2) is 35.2 Å². The lowest BCUT2D eigenvalue weighted by Crippen LogP contribution is -2.28. The zero-order valence-electron chi connectivity index (χ0n) is 17.1. The van der Waals surface area contributed by atoms with E-state index in [1.54, 1.807) is 12.1 Å². The van der Waals surface area contributed by atoms with Crippen molar-refractivity contribution in [3.8, 4) is 23.0 Å². The maximum absolute atomic E-state index is 12.6. The summed E-state index contributed by atoms with van der Waals surface area (Å²) in [5, 5.41) is 2.95. The number of fused-ring (bicyclic) bond motifs is 1. The second-order valence-electron chi connectivity index (χ2n) is 6.54. The smallest absolute Gasteiger partial charge is 0.240 e. The van der Waals surface area contributed by atoms with Gasteiger partial charge in [0.2, 0.25) is 15.9 Å². The first-order valence-corrected chi connectivity index (χ1v) is 11.3. The summed E-state index contributed by atoms with van der Waals surface area (Å²) >= 11 is 6.09. The third-order valence-electron chi connectivity index (χ3n) is 4.42. The number of ether oxygens (including phenoxy) is 4. The molecule has 0 atom stereocenters. The van der Waals surface area contributed by atoms with E-state index in [1.165, 1.54) is 32.4 Å². The van der Waals surface area contributed by atoms with Crippen molar-refractivity contribution in [3.05, 3.63) is 35.4 Å². The predicted molar refractivity (Wildman–Crippen MR) is 115 cm³/mol. The molecule has 0 bridgehead atoms. The topological polar surface area (TPSA) is 112 Å². The van der Waals surface area contributed by atoms with Gasteiger partial charge in [-0.05, 0) is 18.2 Å². The maximum atomic E-state index is 12.6. The minimum atomic E-state index is -3.83. The van der Waals surface area contributed by atoms with E-state index in [2.05, 4.69) is 10.0 Å². The summed E-state index contributed by atoms with van der Waals surface area (Å²) in [6.45, 7) is 0.856. The summed E-state index contributed by atoms with van der Waals surface area (Å²) in [5.41, 5.74) is 0.351. The normalized spacial score (nSPS) is 13.3. The van der Waals surface area contributed by atoms with Crippen LogP contribution in [-0.2, 0) is 14.8 Å². The molecule has 0 saturated carbocycles. The number of hydrogen-bond donors (Lipinski definition) is 2. The molecular weight excluding hydrogens is 448 g/mol. The SMILES string of the molecule is COc1cc(OC)c(NC(=O)CCNS(=O)(=O)c2ccc3c(c2)OCCCO3)cc1Cl. The fourth-order valence-electron chi connectivity index (χ4n) is 2.86. The van der Waals surface area contributed by atoms with Gasteiger partial charge in [-0.25, -0.2) is 13.1 Å². The summed E-state index contributed by atoms with van der Waals surface area (Å²) in [6, 6.07) is 7.44. The highest BCUT2D eigenvalue weighted by Gasteiger charge is 2.19. The van der Waals surface area contributed by atoms with E-state index in [9.17, 15) is 13.2 Å². The number of amides is 1. The molecule has 11 heteroatoms. The van der Waals surface area contributed by atoms with Crippen LogP contribution in [0.5, 0.6) is 23.0 Å². The van der Waals surface area contributed by atoms with E-state index in [1.807, 2.05) is 0 Å². The molecule has 0 fully saturated rings. The molecule has 0 aliphatic carbocycles. The average molecular weight is 471 g/mol. The summed E-state index contributed by atoms with van der Waals surface area (Å²) in [6.07, 6.45) is 0.616. The fourth-order valence-corrected chi connectivity index (χ4v) is 4.15. The van der Waals surface area contributed by atoms with Crippen molar-refractivity contribution in [1.82, 2.24) is 4.72 Å². The van der Waals surface area contributed by atoms with E-state index in [0.717, 1.165) is 0 Å². The third-order valence-corrected chi connectivity index (χ3v) is 6.18. The van der Waals surface area contributed by atoms with Crippen molar-refractivity contribution in [2.45, 2.75) is 17.7 Å². The van der Waals surface area contributed by atoms with Crippen molar-refractivity contribution in [1.29, 1.82) is 0 Å². The van der Waals surface area contributed by atoms with Gasteiger partial charge in [-0.1, -0.05) is 11.6 Å². The average Bonchev–Trinajstić information content (AvgIpc) is 2.98. The molecule has 0 radical (unpaired) electrons. The van der Waals surface area contributed by atoms with Crippen LogP contribution < -0.4 is 29.0 Å². The molecule has 1 amide bonds. The van der Waals surface area contributed by atoms with Gasteiger partial charge in [-0.3, -0.25) is 4.79 Å². The number of carbonyl (C=O) groups excluding carboxylic acids is 1. The lowest BCUT2D eigenvalue weighted by molar-refractivity contribution is -0.116. The van der Waals surface area contributed by atoms with Crippen molar-refractivity contribution in [2.75, 3.05) is 39.3 Å². The van der Waals surface area contributed by atoms with Crippen molar-refractivity contribution in [2.24, 2.45) is 0 Å². The van der Waals surface area contributed by atoms with Crippen LogP contribution in [-0.4, -0.2) is 48.3 Å². The molecule has 3 rings (SSSR count). The van der Waals surface area contributed by atoms with Gasteiger partial charge < -0.3 is 24.3 Å². The highest BCUT2D eigenvalue weighted by molar-refractivity contribution is 7.89. The largest absolute Gasteiger partial charge is 0.495 e. The van der Waals surface area contributed by atoms with Gasteiger partial charge in [0.15, 0.2) is 11.5 Å². The Morgan fingerprint density at radius 3 is 2.48 bits per heavy atom. The van der Waals surface area contributed by atoms with E-state index < -0.39 is 15.9 Å². The zero-order valence-corrected chi connectivity index (χ0v) is 18.6. The Balaban J connectivity index is 1.60. The number of hydrogen-bond acceptors (Lipinski definition) is 7. The first-order chi connectivity index (χ1) is 14.8. The van der Waals surface area contributed by atoms with Gasteiger partial charge in [0.1, 0.15) is 11.5 Å². The molecule has 2 aromatic rings. The van der Waals surface area contributed by atoms with Gasteiger partial charge in [0.25, 0.3) is 0 Å². The number of carbonyl (C=O) groups is 1. The van der Waals surface area contributed by atoms with Crippen LogP contribution in [0.4, 0.5) is 5.69 Å². The molecule has 0 unspecified atom stereocenters. The Kier molecular flexibility index (Phi) is 7.47. The number of halogens is 1. The van der Waals surface area contributed by atoms with Crippen LogP contribution in [0.25, 0.3) is 0 Å². The fraction of sp³-hybridized carbons (Fsp3) is 0.350. The van der Waals surface area contributed by atoms with Crippen molar-refractivity contribution < 1.29 is 32.2 Å². The lowest BCUT2D eigenvalue weighted by atomic mass is 10.2. The molecular formula is C20H23ClN2O7S. The quantitative estimate of drug-likeness (QED) is 0.610. The second kappa shape index (κ2) is 10.1. The highest BCUT2D eigenvalue weighted by Crippen LogP contribution is 2.36. The number of benzene rings is 2. The molecule has 1 aliphatic rings. The monoisotopic (exact) mass is 470 g/mol. The minimum absolute atomic E-state index is 0.0285. The Labute approximate surface area is 185 Å². The van der Waals surface area contributed by atoms with Crippen LogP contribution in [0, 0.1) is 0 Å². The summed E-state index contributed by atoms with van der Waals surface area (Å²) < 4.78 is 48.9. The number of nitrogens with one attached hydrogen (secondary N) is 2. The first kappa shape index (κ1) is 23.0. The van der Waals surface area contributed by atoms with E-state index in [4.69, 9.17) is 30.5 Å². The van der Waals surface area contributed by atoms with Crippen LogP contribution in [0.2, 0.25) is 5.02 Å². The molecule has 168 valence electrons. The van der Waals surface area contributed by atoms with Crippen LogP contribution in [0.3, 0.4) is 0 Å². The van der Waals surface area contributed by atoms with Gasteiger partial charge in [-0.15, -0.1) is 0 Å². The lowest BCUT2D eigenvalue weighted by Gasteiger charge is -2.13. The first-order valence-electron chi connectivity index (χ1n) is 9.44. The number of rotatable bonds is 8. The van der Waals surface area contributed by atoms with Crippen LogP contribution >= 0.6 is 11.6 Å². The third kappa shape index (κ3) is 5.72. The molecule has 31 heavy (non-hydrogen) atoms. The Bertz CT molecular complexity index is 1060. The van der Waals surface area contributed by atoms with Gasteiger partial charge >= 0.3 is 0 Å². The molecule has 0 aromatic heterocycles. The summed E-state index contributed by atoms with van der Waals surface area (Å²) in [5.74, 6) is 1.23. The molecule has 0 spiro atoms. The minimum Gasteiger partial charge on any atom is -0.495 e. The van der Waals surface area contributed by atoms with Gasteiger partial charge in [0.05, 0.1) is 43.0 Å². The number of anilines is 1. The maximum Gasteiger partial charge on any atom is 0.240 e. The predicted octanol–water partition coefficient (Wildman–Crippen LogP) is 2.83. The van der Waals surface area contributed by atoms with E-state index in [0.29, 0.717) is 53.3 Å². The Hall–Kier alpha value is -2.69. The second-order valence-corrected chi connectivity index (χ2v) is 8.72. The van der Waals surface area contributed by atoms with E-state index >= 15 is 0 Å². The summed E-state index contributed by atoms with van der Waals surface area (Å²) in [4.78, 5) is 12.3. The molecule has 1 heterocycles. The Morgan fingerprint density at radius 1 is 1.06 bits per heavy atom. The highest BCUT2D eigenvalue weighted by atomic mass is 35.5. The zero-order chi connectivity index (χ0) is 22.4. The molecule has 2 N–H and O–H groups in total. The number of sulfonamides is 1. The van der Waals surface area contributed by atoms with Gasteiger partial charge in [0, 0.05) is 31.5 Å².